The molecule has 0 spiro atoms. The Balaban J connectivity index is 2.49. The molecule has 19 heavy (non-hydrogen) atoms. The molecular weight excluding hydrogens is 234 g/mol. The fraction of sp³-hybridized carbons (Fsp3) is 0.824. The zero-order valence-electron chi connectivity index (χ0n) is 13.6. The van der Waals surface area contributed by atoms with E-state index in [1.807, 2.05) is 4.90 Å². The van der Waals surface area contributed by atoms with Gasteiger partial charge < -0.3 is 4.90 Å². The minimum atomic E-state index is -0.0654. The number of hydrogen-bond donors (Lipinski definition) is 0. The van der Waals surface area contributed by atoms with Crippen LogP contribution >= 0.6 is 0 Å². The zero-order chi connectivity index (χ0) is 14.7. The van der Waals surface area contributed by atoms with Crippen molar-refractivity contribution < 1.29 is 4.79 Å². The Labute approximate surface area is 119 Å². The molecule has 0 N–H and O–H groups in total. The van der Waals surface area contributed by atoms with Gasteiger partial charge in [-0.1, -0.05) is 26.0 Å². The van der Waals surface area contributed by atoms with Crippen LogP contribution in [0.1, 0.15) is 67.2 Å². The van der Waals surface area contributed by atoms with E-state index >= 15 is 0 Å². The summed E-state index contributed by atoms with van der Waals surface area (Å²) >= 11 is 0. The normalized spacial score (nSPS) is 26.7. The van der Waals surface area contributed by atoms with Crippen LogP contribution in [-0.4, -0.2) is 22.9 Å². The topological polar surface area (TPSA) is 20.3 Å². The first-order chi connectivity index (χ1) is 8.70. The molecule has 1 aliphatic carbocycles. The quantitative estimate of drug-likeness (QED) is 0.652. The first kappa shape index (κ1) is 16.3. The third-order valence-corrected chi connectivity index (χ3v) is 4.33. The van der Waals surface area contributed by atoms with Crippen molar-refractivity contribution in [2.45, 2.75) is 72.8 Å². The van der Waals surface area contributed by atoms with Gasteiger partial charge in [0.15, 0.2) is 0 Å². The fourth-order valence-corrected chi connectivity index (χ4v) is 2.91. The lowest BCUT2D eigenvalue weighted by Gasteiger charge is -2.37. The highest BCUT2D eigenvalue weighted by atomic mass is 16.2. The molecular formula is C17H31NO. The average molecular weight is 265 g/mol. The molecule has 0 aromatic rings. The van der Waals surface area contributed by atoms with Crippen LogP contribution in [-0.2, 0) is 4.79 Å². The Morgan fingerprint density at radius 3 is 2.47 bits per heavy atom. The third kappa shape index (κ3) is 4.67. The SMILES string of the molecule is CC/C=C\CCC1CC1(C)CN(C(C)=O)C(C)(C)C. The molecule has 2 atom stereocenters. The number of rotatable bonds is 6. The maximum Gasteiger partial charge on any atom is 0.219 e. The highest BCUT2D eigenvalue weighted by Gasteiger charge is 2.51. The fourth-order valence-electron chi connectivity index (χ4n) is 2.91. The summed E-state index contributed by atoms with van der Waals surface area (Å²) in [6.45, 7) is 13.5. The minimum absolute atomic E-state index is 0.0654. The summed E-state index contributed by atoms with van der Waals surface area (Å²) in [4.78, 5) is 13.9. The van der Waals surface area contributed by atoms with E-state index in [1.54, 1.807) is 6.92 Å². The summed E-state index contributed by atoms with van der Waals surface area (Å²) in [5.41, 5.74) is 0.281. The molecule has 1 aliphatic rings. The average Bonchev–Trinajstić information content (AvgIpc) is 2.91. The van der Waals surface area contributed by atoms with E-state index in [9.17, 15) is 4.79 Å². The maximum absolute atomic E-state index is 11.8. The molecule has 1 saturated carbocycles. The van der Waals surface area contributed by atoms with Gasteiger partial charge in [0, 0.05) is 19.0 Å². The van der Waals surface area contributed by atoms with Gasteiger partial charge in [0.25, 0.3) is 0 Å². The van der Waals surface area contributed by atoms with E-state index < -0.39 is 0 Å². The number of carbonyl (C=O) groups is 1. The molecule has 0 saturated heterocycles. The van der Waals surface area contributed by atoms with Crippen LogP contribution in [0.3, 0.4) is 0 Å². The van der Waals surface area contributed by atoms with Crippen molar-refractivity contribution in [1.29, 1.82) is 0 Å². The Morgan fingerprint density at radius 1 is 1.37 bits per heavy atom. The highest BCUT2D eigenvalue weighted by molar-refractivity contribution is 5.74. The van der Waals surface area contributed by atoms with Gasteiger partial charge in [-0.2, -0.15) is 0 Å². The second-order valence-corrected chi connectivity index (χ2v) is 7.29. The molecule has 0 aliphatic heterocycles. The van der Waals surface area contributed by atoms with E-state index in [2.05, 4.69) is 46.8 Å². The monoisotopic (exact) mass is 265 g/mol. The van der Waals surface area contributed by atoms with Crippen molar-refractivity contribution in [3.63, 3.8) is 0 Å². The van der Waals surface area contributed by atoms with E-state index in [-0.39, 0.29) is 11.4 Å². The van der Waals surface area contributed by atoms with Gasteiger partial charge >= 0.3 is 0 Å². The van der Waals surface area contributed by atoms with Crippen molar-refractivity contribution >= 4 is 5.91 Å². The summed E-state index contributed by atoms with van der Waals surface area (Å²) in [5, 5.41) is 0. The molecule has 0 heterocycles. The van der Waals surface area contributed by atoms with Crippen LogP contribution in [0.2, 0.25) is 0 Å². The number of hydrogen-bond acceptors (Lipinski definition) is 1. The van der Waals surface area contributed by atoms with Crippen LogP contribution in [0.5, 0.6) is 0 Å². The Kier molecular flexibility index (Phi) is 5.23. The largest absolute Gasteiger partial charge is 0.338 e. The van der Waals surface area contributed by atoms with Crippen molar-refractivity contribution in [3.8, 4) is 0 Å². The number of amides is 1. The van der Waals surface area contributed by atoms with E-state index in [4.69, 9.17) is 0 Å². The van der Waals surface area contributed by atoms with Crippen LogP contribution in [0.25, 0.3) is 0 Å². The maximum atomic E-state index is 11.8. The lowest BCUT2D eigenvalue weighted by atomic mass is 9.98. The van der Waals surface area contributed by atoms with Gasteiger partial charge in [-0.05, 0) is 57.8 Å². The van der Waals surface area contributed by atoms with Crippen LogP contribution < -0.4 is 0 Å². The molecule has 1 amide bonds. The van der Waals surface area contributed by atoms with Crippen LogP contribution in [0.4, 0.5) is 0 Å². The Morgan fingerprint density at radius 2 is 2.00 bits per heavy atom. The summed E-state index contributed by atoms with van der Waals surface area (Å²) in [6.07, 6.45) is 9.39. The molecule has 2 unspecified atom stereocenters. The highest BCUT2D eigenvalue weighted by Crippen LogP contribution is 2.55. The van der Waals surface area contributed by atoms with Crippen molar-refractivity contribution in [3.05, 3.63) is 12.2 Å². The summed E-state index contributed by atoms with van der Waals surface area (Å²) in [6, 6.07) is 0. The smallest absolute Gasteiger partial charge is 0.219 e. The Hall–Kier alpha value is -0.790. The standard InChI is InChI=1S/C17H31NO/c1-7-8-9-10-11-15-12-17(15,6)13-18(14(2)19)16(3,4)5/h8-9,15H,7,10-13H2,1-6H3/b9-8-. The van der Waals surface area contributed by atoms with Gasteiger partial charge in [0.1, 0.15) is 0 Å². The first-order valence-corrected chi connectivity index (χ1v) is 7.64. The molecule has 1 rings (SSSR count). The van der Waals surface area contributed by atoms with E-state index in [0.717, 1.165) is 18.9 Å². The predicted octanol–water partition coefficient (Wildman–Crippen LogP) is 4.41. The first-order valence-electron chi connectivity index (χ1n) is 7.64. The van der Waals surface area contributed by atoms with Crippen molar-refractivity contribution in [1.82, 2.24) is 4.90 Å². The lowest BCUT2D eigenvalue weighted by Crippen LogP contribution is -2.47. The summed E-state index contributed by atoms with van der Waals surface area (Å²) in [5.74, 6) is 0.989. The van der Waals surface area contributed by atoms with Crippen LogP contribution in [0, 0.1) is 11.3 Å². The van der Waals surface area contributed by atoms with Crippen molar-refractivity contribution in [2.75, 3.05) is 6.54 Å². The number of allylic oxidation sites excluding steroid dienone is 2. The summed E-state index contributed by atoms with van der Waals surface area (Å²) < 4.78 is 0. The number of carbonyl (C=O) groups excluding carboxylic acids is 1. The van der Waals surface area contributed by atoms with E-state index in [1.165, 1.54) is 19.3 Å². The van der Waals surface area contributed by atoms with Gasteiger partial charge in [-0.3, -0.25) is 4.79 Å². The molecule has 2 heteroatoms. The molecule has 2 nitrogen and oxygen atoms in total. The molecule has 0 aromatic heterocycles. The second-order valence-electron chi connectivity index (χ2n) is 7.29. The van der Waals surface area contributed by atoms with E-state index in [0.29, 0.717) is 5.41 Å². The molecule has 110 valence electrons. The molecule has 0 aromatic carbocycles. The van der Waals surface area contributed by atoms with Gasteiger partial charge in [-0.25, -0.2) is 0 Å². The lowest BCUT2D eigenvalue weighted by molar-refractivity contribution is -0.134. The van der Waals surface area contributed by atoms with Crippen molar-refractivity contribution in [2.24, 2.45) is 11.3 Å². The van der Waals surface area contributed by atoms with Crippen LogP contribution in [0.15, 0.2) is 12.2 Å². The molecule has 1 fully saturated rings. The molecule has 0 radical (unpaired) electrons. The Bertz CT molecular complexity index is 340. The third-order valence-electron chi connectivity index (χ3n) is 4.33. The van der Waals surface area contributed by atoms with Gasteiger partial charge in [-0.15, -0.1) is 0 Å². The molecule has 0 bridgehead atoms. The van der Waals surface area contributed by atoms with Gasteiger partial charge in [0.2, 0.25) is 5.91 Å². The van der Waals surface area contributed by atoms with Gasteiger partial charge in [0.05, 0.1) is 0 Å². The zero-order valence-corrected chi connectivity index (χ0v) is 13.6. The second kappa shape index (κ2) is 6.11. The summed E-state index contributed by atoms with van der Waals surface area (Å²) in [7, 11) is 0. The predicted molar refractivity (Wildman–Crippen MR) is 82.0 cm³/mol. The number of nitrogens with zero attached hydrogens (tertiary/aromatic N) is 1. The minimum Gasteiger partial charge on any atom is -0.338 e.